The maximum absolute atomic E-state index is 12.9. The second-order valence-corrected chi connectivity index (χ2v) is 9.18. The number of carboxylic acids is 1. The fraction of sp³-hybridized carbons (Fsp3) is 0.762. The van der Waals surface area contributed by atoms with Crippen LogP contribution < -0.4 is 27.4 Å². The lowest BCUT2D eigenvalue weighted by molar-refractivity contribution is -0.144. The first-order valence-corrected chi connectivity index (χ1v) is 12.4. The van der Waals surface area contributed by atoms with Gasteiger partial charge in [-0.05, 0) is 30.3 Å². The van der Waals surface area contributed by atoms with Crippen LogP contribution in [0.4, 0.5) is 0 Å². The van der Waals surface area contributed by atoms with E-state index in [1.807, 2.05) is 20.1 Å². The second kappa shape index (κ2) is 15.5. The summed E-state index contributed by atoms with van der Waals surface area (Å²) in [7, 11) is 0. The number of hydrogen-bond donors (Lipinski definition) is 6. The first-order chi connectivity index (χ1) is 15.4. The average Bonchev–Trinajstić information content (AvgIpc) is 2.76. The Labute approximate surface area is 199 Å². The zero-order chi connectivity index (χ0) is 25.7. The average molecular weight is 490 g/mol. The van der Waals surface area contributed by atoms with Crippen LogP contribution >= 0.6 is 11.8 Å². The Bertz CT molecular complexity index is 692. The van der Waals surface area contributed by atoms with E-state index in [4.69, 9.17) is 11.5 Å². The van der Waals surface area contributed by atoms with E-state index in [0.717, 1.165) is 0 Å². The molecule has 0 saturated heterocycles. The van der Waals surface area contributed by atoms with Crippen molar-refractivity contribution < 1.29 is 29.1 Å². The molecule has 0 saturated carbocycles. The number of thioether (sulfide) groups is 1. The second-order valence-electron chi connectivity index (χ2n) is 8.20. The lowest BCUT2D eigenvalue weighted by atomic mass is 9.98. The van der Waals surface area contributed by atoms with E-state index >= 15 is 0 Å². The van der Waals surface area contributed by atoms with Crippen molar-refractivity contribution in [2.45, 2.75) is 77.5 Å². The highest BCUT2D eigenvalue weighted by molar-refractivity contribution is 7.98. The van der Waals surface area contributed by atoms with E-state index in [1.165, 1.54) is 11.8 Å². The van der Waals surface area contributed by atoms with Crippen molar-refractivity contribution in [3.8, 4) is 0 Å². The Balaban J connectivity index is 5.56. The Hall–Kier alpha value is -2.34. The Morgan fingerprint density at radius 2 is 1.39 bits per heavy atom. The maximum atomic E-state index is 12.9. The van der Waals surface area contributed by atoms with Gasteiger partial charge in [0.2, 0.25) is 23.6 Å². The van der Waals surface area contributed by atoms with Gasteiger partial charge in [0.05, 0.1) is 12.5 Å². The number of nitrogens with one attached hydrogen (secondary N) is 3. The van der Waals surface area contributed by atoms with Gasteiger partial charge in [0, 0.05) is 0 Å². The van der Waals surface area contributed by atoms with Gasteiger partial charge >= 0.3 is 5.97 Å². The van der Waals surface area contributed by atoms with Crippen LogP contribution in [0.1, 0.15) is 53.4 Å². The summed E-state index contributed by atoms with van der Waals surface area (Å²) in [6, 6.07) is -4.39. The molecule has 0 heterocycles. The van der Waals surface area contributed by atoms with Gasteiger partial charge in [0.15, 0.2) is 0 Å². The van der Waals surface area contributed by atoms with Crippen LogP contribution in [0.2, 0.25) is 0 Å². The van der Waals surface area contributed by atoms with Gasteiger partial charge in [-0.15, -0.1) is 0 Å². The molecule has 0 bridgehead atoms. The highest BCUT2D eigenvalue weighted by Gasteiger charge is 2.33. The van der Waals surface area contributed by atoms with Crippen molar-refractivity contribution in [3.63, 3.8) is 0 Å². The smallest absolute Gasteiger partial charge is 0.326 e. The third-order valence-corrected chi connectivity index (χ3v) is 6.26. The van der Waals surface area contributed by atoms with Crippen LogP contribution in [0.3, 0.4) is 0 Å². The van der Waals surface area contributed by atoms with Crippen molar-refractivity contribution >= 4 is 41.4 Å². The van der Waals surface area contributed by atoms with Gasteiger partial charge in [-0.25, -0.2) is 4.79 Å². The molecule has 6 unspecified atom stereocenters. The first kappa shape index (κ1) is 30.7. The van der Waals surface area contributed by atoms with Crippen LogP contribution in [0.5, 0.6) is 0 Å². The first-order valence-electron chi connectivity index (χ1n) is 11.1. The number of primary amides is 1. The van der Waals surface area contributed by atoms with E-state index in [-0.39, 0.29) is 18.3 Å². The number of carbonyl (C=O) groups excluding carboxylic acids is 4. The van der Waals surface area contributed by atoms with Crippen molar-refractivity contribution in [1.29, 1.82) is 0 Å². The summed E-state index contributed by atoms with van der Waals surface area (Å²) in [6.45, 7) is 7.16. The molecule has 0 aliphatic carbocycles. The minimum Gasteiger partial charge on any atom is -0.480 e. The van der Waals surface area contributed by atoms with Gasteiger partial charge in [-0.2, -0.15) is 11.8 Å². The SMILES string of the molecule is CCC(C)C(N)C(=O)NC(CCSC)C(=O)NC(CC(N)=O)C(=O)NC(C(=O)O)C(C)CC. The van der Waals surface area contributed by atoms with E-state index in [0.29, 0.717) is 18.6 Å². The van der Waals surface area contributed by atoms with Gasteiger partial charge < -0.3 is 32.5 Å². The number of carbonyl (C=O) groups is 5. The number of rotatable bonds is 16. The molecule has 0 spiro atoms. The standard InChI is InChI=1S/C21H39N5O6S/c1-6-11(3)16(23)20(30)24-13(8-9-33-5)18(28)25-14(10-15(22)27)19(29)26-17(21(31)32)12(4)7-2/h11-14,16-17H,6-10,23H2,1-5H3,(H2,22,27)(H,24,30)(H,25,28)(H,26,29)(H,31,32). The number of carboxylic acid groups (broad SMARTS) is 1. The van der Waals surface area contributed by atoms with Gasteiger partial charge in [0.25, 0.3) is 0 Å². The number of nitrogens with two attached hydrogens (primary N) is 2. The monoisotopic (exact) mass is 489 g/mol. The highest BCUT2D eigenvalue weighted by atomic mass is 32.2. The zero-order valence-electron chi connectivity index (χ0n) is 20.1. The molecule has 33 heavy (non-hydrogen) atoms. The molecule has 0 aromatic carbocycles. The van der Waals surface area contributed by atoms with Crippen molar-refractivity contribution in [1.82, 2.24) is 16.0 Å². The Morgan fingerprint density at radius 3 is 1.85 bits per heavy atom. The zero-order valence-corrected chi connectivity index (χ0v) is 20.9. The highest BCUT2D eigenvalue weighted by Crippen LogP contribution is 2.10. The normalized spacial score (nSPS) is 16.4. The van der Waals surface area contributed by atoms with Crippen molar-refractivity contribution in [3.05, 3.63) is 0 Å². The summed E-state index contributed by atoms with van der Waals surface area (Å²) in [5, 5.41) is 16.8. The minimum atomic E-state index is -1.39. The molecular weight excluding hydrogens is 450 g/mol. The molecule has 8 N–H and O–H groups in total. The summed E-state index contributed by atoms with van der Waals surface area (Å²) in [5.41, 5.74) is 11.2. The van der Waals surface area contributed by atoms with Crippen molar-refractivity contribution in [2.24, 2.45) is 23.3 Å². The molecule has 0 aliphatic heterocycles. The maximum Gasteiger partial charge on any atom is 0.326 e. The number of hydrogen-bond acceptors (Lipinski definition) is 7. The summed E-state index contributed by atoms with van der Waals surface area (Å²) >= 11 is 1.47. The summed E-state index contributed by atoms with van der Waals surface area (Å²) < 4.78 is 0. The fourth-order valence-corrected chi connectivity index (χ4v) is 3.38. The fourth-order valence-electron chi connectivity index (χ4n) is 2.90. The molecule has 0 aromatic heterocycles. The van der Waals surface area contributed by atoms with E-state index in [9.17, 15) is 29.1 Å². The van der Waals surface area contributed by atoms with Crippen LogP contribution in [0.15, 0.2) is 0 Å². The van der Waals surface area contributed by atoms with E-state index in [2.05, 4.69) is 16.0 Å². The predicted molar refractivity (Wildman–Crippen MR) is 127 cm³/mol. The number of aliphatic carboxylic acids is 1. The minimum absolute atomic E-state index is 0.101. The molecule has 6 atom stereocenters. The van der Waals surface area contributed by atoms with E-state index in [1.54, 1.807) is 13.8 Å². The van der Waals surface area contributed by atoms with Gasteiger partial charge in [0.1, 0.15) is 18.1 Å². The molecule has 190 valence electrons. The molecule has 11 nitrogen and oxygen atoms in total. The molecular formula is C21H39N5O6S. The van der Waals surface area contributed by atoms with Gasteiger partial charge in [-0.3, -0.25) is 19.2 Å². The van der Waals surface area contributed by atoms with Crippen LogP contribution in [-0.4, -0.2) is 70.9 Å². The van der Waals surface area contributed by atoms with Gasteiger partial charge in [-0.1, -0.05) is 40.5 Å². The molecule has 0 aromatic rings. The summed E-state index contributed by atoms with van der Waals surface area (Å²) in [4.78, 5) is 61.2. The quantitative estimate of drug-likeness (QED) is 0.168. The summed E-state index contributed by atoms with van der Waals surface area (Å²) in [5.74, 6) is -4.06. The third-order valence-electron chi connectivity index (χ3n) is 5.62. The lowest BCUT2D eigenvalue weighted by Gasteiger charge is -2.26. The third kappa shape index (κ3) is 10.9. The summed E-state index contributed by atoms with van der Waals surface area (Å²) in [6.07, 6.45) is 2.74. The number of amides is 4. The topological polar surface area (TPSA) is 194 Å². The molecule has 4 amide bonds. The Kier molecular flexibility index (Phi) is 14.4. The largest absolute Gasteiger partial charge is 0.480 e. The molecule has 0 rings (SSSR count). The molecule has 0 radical (unpaired) electrons. The Morgan fingerprint density at radius 1 is 0.879 bits per heavy atom. The van der Waals surface area contributed by atoms with Crippen molar-refractivity contribution in [2.75, 3.05) is 12.0 Å². The van der Waals surface area contributed by atoms with Crippen LogP contribution in [-0.2, 0) is 24.0 Å². The van der Waals surface area contributed by atoms with Crippen LogP contribution in [0.25, 0.3) is 0 Å². The molecule has 0 aliphatic rings. The van der Waals surface area contributed by atoms with Crippen LogP contribution in [0, 0.1) is 11.8 Å². The lowest BCUT2D eigenvalue weighted by Crippen LogP contribution is -2.58. The predicted octanol–water partition coefficient (Wildman–Crippen LogP) is -0.427. The molecule has 12 heteroatoms. The molecule has 0 fully saturated rings. The van der Waals surface area contributed by atoms with E-state index < -0.39 is 60.2 Å².